The Morgan fingerprint density at radius 1 is 0.812 bits per heavy atom. The van der Waals surface area contributed by atoms with Gasteiger partial charge in [-0.25, -0.2) is 0 Å². The average Bonchev–Trinajstić information content (AvgIpc) is 3.07. The molecular formula is C25H45N4PSSi. The van der Waals surface area contributed by atoms with Crippen molar-refractivity contribution < 1.29 is 0 Å². The van der Waals surface area contributed by atoms with Crippen LogP contribution in [0.4, 0.5) is 0 Å². The van der Waals surface area contributed by atoms with E-state index in [1.165, 1.54) is 16.2 Å². The monoisotopic (exact) mass is 492 g/mol. The maximum Gasteiger partial charge on any atom is 0.111 e. The minimum atomic E-state index is -2.38. The van der Waals surface area contributed by atoms with Gasteiger partial charge in [0.2, 0.25) is 0 Å². The second kappa shape index (κ2) is 10.2. The van der Waals surface area contributed by atoms with E-state index in [0.29, 0.717) is 24.2 Å². The molecule has 0 aliphatic heterocycles. The molecule has 1 N–H and O–H groups in total. The normalized spacial score (nSPS) is 13.6. The van der Waals surface area contributed by atoms with E-state index in [1.54, 1.807) is 0 Å². The minimum absolute atomic E-state index is 0.330. The molecule has 0 saturated heterocycles. The van der Waals surface area contributed by atoms with Crippen LogP contribution in [0.2, 0.25) is 19.6 Å². The lowest BCUT2D eigenvalue weighted by atomic mass is 10.1. The first kappa shape index (κ1) is 27.5. The van der Waals surface area contributed by atoms with Gasteiger partial charge >= 0.3 is 0 Å². The number of rotatable bonds is 9. The van der Waals surface area contributed by atoms with Crippen molar-refractivity contribution in [2.45, 2.75) is 106 Å². The van der Waals surface area contributed by atoms with Crippen LogP contribution in [0.25, 0.3) is 11.3 Å². The predicted octanol–water partition coefficient (Wildman–Crippen LogP) is 6.10. The zero-order valence-corrected chi connectivity index (χ0v) is 25.0. The van der Waals surface area contributed by atoms with E-state index in [4.69, 9.17) is 16.9 Å². The highest BCUT2D eigenvalue weighted by Gasteiger charge is 2.45. The Bertz CT molecular complexity index is 902. The molecule has 0 atom stereocenters. The Hall–Kier alpha value is -0.783. The number of aryl methyl sites for hydroxylation is 1. The summed E-state index contributed by atoms with van der Waals surface area (Å²) in [5.41, 5.74) is 3.46. The van der Waals surface area contributed by atoms with Crippen molar-refractivity contribution in [2.24, 2.45) is 0 Å². The Morgan fingerprint density at radius 3 is 1.56 bits per heavy atom. The van der Waals surface area contributed by atoms with Crippen molar-refractivity contribution in [3.05, 3.63) is 29.8 Å². The van der Waals surface area contributed by atoms with Gasteiger partial charge in [0.25, 0.3) is 0 Å². The fourth-order valence-corrected chi connectivity index (χ4v) is 14.6. The van der Waals surface area contributed by atoms with Gasteiger partial charge in [-0.05, 0) is 62.3 Å². The summed E-state index contributed by atoms with van der Waals surface area (Å²) in [5, 5.41) is 11.1. The summed E-state index contributed by atoms with van der Waals surface area (Å²) in [4.78, 5) is 0. The largest absolute Gasteiger partial charge is 0.286 e. The van der Waals surface area contributed by atoms with E-state index in [2.05, 4.69) is 121 Å². The first-order valence-electron chi connectivity index (χ1n) is 12.0. The van der Waals surface area contributed by atoms with Crippen LogP contribution in [0.1, 0.15) is 61.0 Å². The van der Waals surface area contributed by atoms with E-state index >= 15 is 0 Å². The summed E-state index contributed by atoms with van der Waals surface area (Å²) >= 11 is 6.96. The first-order valence-corrected chi connectivity index (χ1v) is 18.2. The second-order valence-corrected chi connectivity index (χ2v) is 20.1. The van der Waals surface area contributed by atoms with Gasteiger partial charge in [-0.3, -0.25) is 14.4 Å². The summed E-state index contributed by atoms with van der Waals surface area (Å²) in [6.07, 6.45) is -2.38. The fraction of sp³-hybridized carbons (Fsp3) is 0.640. The Morgan fingerprint density at radius 2 is 1.22 bits per heavy atom. The van der Waals surface area contributed by atoms with Crippen LogP contribution in [0, 0.1) is 6.92 Å². The molecule has 0 bridgehead atoms. The number of nitrogens with zero attached hydrogens (tertiary/aromatic N) is 3. The van der Waals surface area contributed by atoms with Crippen LogP contribution in [0.5, 0.6) is 0 Å². The van der Waals surface area contributed by atoms with Gasteiger partial charge in [0.05, 0.1) is 5.30 Å². The van der Waals surface area contributed by atoms with Crippen LogP contribution in [-0.2, 0) is 11.8 Å². The van der Waals surface area contributed by atoms with Crippen LogP contribution in [0.3, 0.4) is 0 Å². The summed E-state index contributed by atoms with van der Waals surface area (Å²) in [6, 6.07) is 10.1. The highest BCUT2D eigenvalue weighted by molar-refractivity contribution is 8.16. The first-order chi connectivity index (χ1) is 14.6. The molecule has 180 valence electrons. The lowest BCUT2D eigenvalue weighted by Gasteiger charge is -2.51. The van der Waals surface area contributed by atoms with Gasteiger partial charge in [-0.2, -0.15) is 5.10 Å². The smallest absolute Gasteiger partial charge is 0.111 e. The van der Waals surface area contributed by atoms with Crippen molar-refractivity contribution in [1.29, 1.82) is 0 Å². The highest BCUT2D eigenvalue weighted by atomic mass is 32.4. The van der Waals surface area contributed by atoms with Crippen LogP contribution in [-0.4, -0.2) is 51.8 Å². The lowest BCUT2D eigenvalue weighted by molar-refractivity contribution is 0.259. The molecule has 4 nitrogen and oxygen atoms in total. The van der Waals surface area contributed by atoms with Crippen molar-refractivity contribution in [1.82, 2.24) is 19.5 Å². The third kappa shape index (κ3) is 5.31. The molecule has 2 rings (SSSR count). The van der Waals surface area contributed by atoms with E-state index in [0.717, 1.165) is 11.3 Å². The van der Waals surface area contributed by atoms with Crippen LogP contribution < -0.4 is 10.6 Å². The number of benzene rings is 1. The molecule has 1 aromatic carbocycles. The minimum Gasteiger partial charge on any atom is -0.286 e. The molecule has 0 aliphatic carbocycles. The number of hydrogen-bond acceptors (Lipinski definition) is 2. The van der Waals surface area contributed by atoms with E-state index in [9.17, 15) is 0 Å². The number of aromatic nitrogens is 2. The van der Waals surface area contributed by atoms with E-state index in [-0.39, 0.29) is 0 Å². The quantitative estimate of drug-likeness (QED) is 0.339. The van der Waals surface area contributed by atoms with Crippen molar-refractivity contribution in [3.63, 3.8) is 0 Å². The topological polar surface area (TPSA) is 35.2 Å². The molecule has 0 radical (unpaired) electrons. The fourth-order valence-electron chi connectivity index (χ4n) is 4.85. The zero-order valence-electron chi connectivity index (χ0n) is 22.3. The third-order valence-electron chi connectivity index (χ3n) is 5.85. The van der Waals surface area contributed by atoms with Gasteiger partial charge < -0.3 is 0 Å². The Labute approximate surface area is 203 Å². The molecule has 7 heteroatoms. The van der Waals surface area contributed by atoms with Gasteiger partial charge in [0.1, 0.15) is 20.1 Å². The van der Waals surface area contributed by atoms with Crippen molar-refractivity contribution in [3.8, 4) is 11.3 Å². The molecule has 0 unspecified atom stereocenters. The van der Waals surface area contributed by atoms with Gasteiger partial charge in [-0.1, -0.05) is 61.3 Å². The molecule has 2 aromatic rings. The average molecular weight is 493 g/mol. The van der Waals surface area contributed by atoms with Gasteiger partial charge in [0, 0.05) is 35.0 Å². The summed E-state index contributed by atoms with van der Waals surface area (Å²) in [7, 11) is -1.75. The highest BCUT2D eigenvalue weighted by Crippen LogP contribution is 2.58. The number of H-pyrrole nitrogens is 1. The van der Waals surface area contributed by atoms with E-state index in [1.807, 2.05) is 0 Å². The van der Waals surface area contributed by atoms with Crippen LogP contribution in [0.15, 0.2) is 24.3 Å². The maximum atomic E-state index is 6.96. The molecule has 1 aromatic heterocycles. The second-order valence-electron chi connectivity index (χ2n) is 11.1. The van der Waals surface area contributed by atoms with Crippen molar-refractivity contribution in [2.75, 3.05) is 0 Å². The molecule has 1 heterocycles. The standard InChI is InChI=1S/C25H45N4PSSi/c1-17(2)28(18(3)4)30(31,29(19(5)6)20(7)8)24-23(22-15-13-21(9)14-16-22)26-27-25(24)32(10,11)12/h13-20H,1-12H3,(H,26,27). The Balaban J connectivity index is 3.05. The molecule has 0 spiro atoms. The van der Waals surface area contributed by atoms with Crippen molar-refractivity contribution >= 4 is 36.8 Å². The summed E-state index contributed by atoms with van der Waals surface area (Å²) < 4.78 is 5.24. The number of aromatic amines is 1. The Kier molecular flexibility index (Phi) is 8.78. The lowest BCUT2D eigenvalue weighted by Crippen LogP contribution is -2.54. The summed E-state index contributed by atoms with van der Waals surface area (Å²) in [6.45, 7) is 27.6. The van der Waals surface area contributed by atoms with E-state index < -0.39 is 14.4 Å². The third-order valence-corrected chi connectivity index (χ3v) is 13.7. The number of nitrogens with one attached hydrogen (secondary N) is 1. The van der Waals surface area contributed by atoms with Crippen LogP contribution >= 0.6 is 6.34 Å². The molecule has 0 amide bonds. The maximum absolute atomic E-state index is 6.96. The predicted molar refractivity (Wildman–Crippen MR) is 150 cm³/mol. The SMILES string of the molecule is Cc1ccc(-c2n[nH]c([Si](C)(C)C)c2P(=S)(N(C(C)C)C(C)C)N(C(C)C)C(C)C)cc1. The van der Waals surface area contributed by atoms with Gasteiger partial charge in [0.15, 0.2) is 0 Å². The molecule has 32 heavy (non-hydrogen) atoms. The molecular weight excluding hydrogens is 447 g/mol. The van der Waals surface area contributed by atoms with Gasteiger partial charge in [-0.15, -0.1) is 0 Å². The molecule has 0 aliphatic rings. The zero-order chi connectivity index (χ0) is 24.6. The number of hydrogen-bond donors (Lipinski definition) is 1. The molecule has 0 fully saturated rings. The molecule has 0 saturated carbocycles. The summed E-state index contributed by atoms with van der Waals surface area (Å²) in [5.74, 6) is 0.